The first-order valence-corrected chi connectivity index (χ1v) is 9.52. The third-order valence-electron chi connectivity index (χ3n) is 4.58. The molecule has 1 aromatic heterocycles. The first kappa shape index (κ1) is 20.1. The van der Waals surface area contributed by atoms with E-state index in [1.165, 1.54) is 0 Å². The highest BCUT2D eigenvalue weighted by Crippen LogP contribution is 2.13. The first-order chi connectivity index (χ1) is 13.6. The van der Waals surface area contributed by atoms with Crippen molar-refractivity contribution in [1.82, 2.24) is 10.6 Å². The third kappa shape index (κ3) is 5.94. The molecule has 0 spiro atoms. The zero-order valence-electron chi connectivity index (χ0n) is 16.0. The molecule has 7 heteroatoms. The van der Waals surface area contributed by atoms with Gasteiger partial charge in [-0.25, -0.2) is 0 Å². The molecular formula is C21H26N2O5. The number of benzene rings is 1. The standard InChI is InChI=1S/C21H26N2O5/c1-15(28-14-19-8-4-10-27-19)20(24)22-12-16-5-2-6-17(11-16)21(25)23-13-18-7-3-9-26-18/h2-3,5-7,9,11,15,19H,4,8,10,12-14H2,1H3,(H,22,24)(H,23,25). The summed E-state index contributed by atoms with van der Waals surface area (Å²) in [5.74, 6) is 0.303. The van der Waals surface area contributed by atoms with Crippen molar-refractivity contribution >= 4 is 11.8 Å². The topological polar surface area (TPSA) is 89.8 Å². The molecule has 2 amide bonds. The highest BCUT2D eigenvalue weighted by Gasteiger charge is 2.19. The minimum atomic E-state index is -0.552. The molecule has 1 aliphatic rings. The second-order valence-corrected chi connectivity index (χ2v) is 6.79. The fourth-order valence-electron chi connectivity index (χ4n) is 2.94. The molecule has 1 aromatic carbocycles. The number of hydrogen-bond donors (Lipinski definition) is 2. The summed E-state index contributed by atoms with van der Waals surface area (Å²) in [6, 6.07) is 10.7. The van der Waals surface area contributed by atoms with Gasteiger partial charge in [0.05, 0.1) is 25.5 Å². The largest absolute Gasteiger partial charge is 0.467 e. The van der Waals surface area contributed by atoms with Gasteiger partial charge in [0.2, 0.25) is 5.91 Å². The van der Waals surface area contributed by atoms with E-state index in [-0.39, 0.29) is 17.9 Å². The van der Waals surface area contributed by atoms with E-state index in [4.69, 9.17) is 13.9 Å². The normalized spacial score (nSPS) is 17.2. The molecule has 0 aliphatic carbocycles. The number of rotatable bonds is 9. The van der Waals surface area contributed by atoms with Gasteiger partial charge < -0.3 is 24.5 Å². The molecule has 0 bridgehead atoms. The summed E-state index contributed by atoms with van der Waals surface area (Å²) in [5, 5.41) is 5.65. The lowest BCUT2D eigenvalue weighted by atomic mass is 10.1. The molecule has 28 heavy (non-hydrogen) atoms. The van der Waals surface area contributed by atoms with Gasteiger partial charge in [-0.3, -0.25) is 9.59 Å². The van der Waals surface area contributed by atoms with Crippen LogP contribution in [0.25, 0.3) is 0 Å². The molecule has 2 atom stereocenters. The quantitative estimate of drug-likeness (QED) is 0.691. The smallest absolute Gasteiger partial charge is 0.251 e. The van der Waals surface area contributed by atoms with Gasteiger partial charge in [0.1, 0.15) is 11.9 Å². The number of amides is 2. The maximum atomic E-state index is 12.3. The highest BCUT2D eigenvalue weighted by atomic mass is 16.5. The van der Waals surface area contributed by atoms with Gasteiger partial charge in [-0.2, -0.15) is 0 Å². The number of carbonyl (C=O) groups is 2. The Morgan fingerprint density at radius 2 is 2.11 bits per heavy atom. The van der Waals surface area contributed by atoms with Crippen LogP contribution in [0.5, 0.6) is 0 Å². The SMILES string of the molecule is CC(OCC1CCCO1)C(=O)NCc1cccc(C(=O)NCc2ccco2)c1. The van der Waals surface area contributed by atoms with Gasteiger partial charge in [0.25, 0.3) is 5.91 Å². The maximum absolute atomic E-state index is 12.3. The van der Waals surface area contributed by atoms with E-state index in [2.05, 4.69) is 10.6 Å². The Bertz CT molecular complexity index is 769. The third-order valence-corrected chi connectivity index (χ3v) is 4.58. The molecule has 1 saturated heterocycles. The van der Waals surface area contributed by atoms with Crippen molar-refractivity contribution in [2.45, 2.75) is 45.1 Å². The molecule has 1 aliphatic heterocycles. The average molecular weight is 386 g/mol. The average Bonchev–Trinajstić information content (AvgIpc) is 3.42. The molecule has 0 saturated carbocycles. The molecule has 3 rings (SSSR count). The summed E-state index contributed by atoms with van der Waals surface area (Å²) in [5.41, 5.74) is 1.37. The van der Waals surface area contributed by atoms with Crippen LogP contribution in [-0.2, 0) is 27.4 Å². The van der Waals surface area contributed by atoms with E-state index in [0.29, 0.717) is 31.0 Å². The number of nitrogens with one attached hydrogen (secondary N) is 2. The van der Waals surface area contributed by atoms with Crippen molar-refractivity contribution in [3.63, 3.8) is 0 Å². The van der Waals surface area contributed by atoms with Crippen LogP contribution in [0, 0.1) is 0 Å². The van der Waals surface area contributed by atoms with E-state index in [1.807, 2.05) is 6.07 Å². The van der Waals surface area contributed by atoms with Crippen molar-refractivity contribution < 1.29 is 23.5 Å². The molecule has 150 valence electrons. The summed E-state index contributed by atoms with van der Waals surface area (Å²) in [4.78, 5) is 24.5. The Kier molecular flexibility index (Phi) is 7.22. The Morgan fingerprint density at radius 1 is 1.21 bits per heavy atom. The minimum absolute atomic E-state index is 0.0895. The van der Waals surface area contributed by atoms with Gasteiger partial charge in [-0.1, -0.05) is 12.1 Å². The lowest BCUT2D eigenvalue weighted by molar-refractivity contribution is -0.133. The van der Waals surface area contributed by atoms with Crippen LogP contribution in [0.1, 0.15) is 41.4 Å². The van der Waals surface area contributed by atoms with Gasteiger partial charge in [0.15, 0.2) is 0 Å². The van der Waals surface area contributed by atoms with E-state index >= 15 is 0 Å². The minimum Gasteiger partial charge on any atom is -0.467 e. The van der Waals surface area contributed by atoms with Gasteiger partial charge in [-0.15, -0.1) is 0 Å². The van der Waals surface area contributed by atoms with Crippen molar-refractivity contribution in [3.05, 3.63) is 59.5 Å². The fraction of sp³-hybridized carbons (Fsp3) is 0.429. The summed E-state index contributed by atoms with van der Waals surface area (Å²) in [6.45, 7) is 3.57. The molecule has 7 nitrogen and oxygen atoms in total. The molecule has 0 radical (unpaired) electrons. The number of ether oxygens (including phenoxy) is 2. The lowest BCUT2D eigenvalue weighted by Crippen LogP contribution is -2.35. The summed E-state index contributed by atoms with van der Waals surface area (Å²) in [6.07, 6.45) is 3.12. The number of furan rings is 1. The highest BCUT2D eigenvalue weighted by molar-refractivity contribution is 5.94. The Morgan fingerprint density at radius 3 is 2.86 bits per heavy atom. The Hall–Kier alpha value is -2.64. The fourth-order valence-corrected chi connectivity index (χ4v) is 2.94. The van der Waals surface area contributed by atoms with Crippen LogP contribution in [0.3, 0.4) is 0 Å². The van der Waals surface area contributed by atoms with Crippen LogP contribution in [-0.4, -0.2) is 37.2 Å². The van der Waals surface area contributed by atoms with Crippen molar-refractivity contribution in [1.29, 1.82) is 0 Å². The van der Waals surface area contributed by atoms with Gasteiger partial charge >= 0.3 is 0 Å². The van der Waals surface area contributed by atoms with Crippen LogP contribution in [0.4, 0.5) is 0 Å². The maximum Gasteiger partial charge on any atom is 0.251 e. The lowest BCUT2D eigenvalue weighted by Gasteiger charge is -2.16. The second kappa shape index (κ2) is 10.1. The summed E-state index contributed by atoms with van der Waals surface area (Å²) >= 11 is 0. The predicted molar refractivity (Wildman–Crippen MR) is 103 cm³/mol. The van der Waals surface area contributed by atoms with Crippen LogP contribution in [0.15, 0.2) is 47.1 Å². The zero-order chi connectivity index (χ0) is 19.8. The molecule has 2 N–H and O–H groups in total. The monoisotopic (exact) mass is 386 g/mol. The second-order valence-electron chi connectivity index (χ2n) is 6.79. The predicted octanol–water partition coefficient (Wildman–Crippen LogP) is 2.41. The Balaban J connectivity index is 1.44. The van der Waals surface area contributed by atoms with E-state index < -0.39 is 6.10 Å². The van der Waals surface area contributed by atoms with Crippen LogP contribution < -0.4 is 10.6 Å². The Labute approximate surface area is 164 Å². The molecule has 2 unspecified atom stereocenters. The van der Waals surface area contributed by atoms with Gasteiger partial charge in [0, 0.05) is 18.7 Å². The summed E-state index contributed by atoms with van der Waals surface area (Å²) in [7, 11) is 0. The van der Waals surface area contributed by atoms with Crippen molar-refractivity contribution in [2.75, 3.05) is 13.2 Å². The van der Waals surface area contributed by atoms with Crippen molar-refractivity contribution in [2.24, 2.45) is 0 Å². The van der Waals surface area contributed by atoms with E-state index in [9.17, 15) is 9.59 Å². The van der Waals surface area contributed by atoms with E-state index in [1.54, 1.807) is 43.5 Å². The summed E-state index contributed by atoms with van der Waals surface area (Å²) < 4.78 is 16.3. The molecular weight excluding hydrogens is 360 g/mol. The molecule has 1 fully saturated rings. The molecule has 2 heterocycles. The van der Waals surface area contributed by atoms with Crippen LogP contribution in [0.2, 0.25) is 0 Å². The number of carbonyl (C=O) groups excluding carboxylic acids is 2. The van der Waals surface area contributed by atoms with E-state index in [0.717, 1.165) is 25.0 Å². The molecule has 2 aromatic rings. The zero-order valence-corrected chi connectivity index (χ0v) is 16.0. The number of hydrogen-bond acceptors (Lipinski definition) is 5. The van der Waals surface area contributed by atoms with Crippen LogP contribution >= 0.6 is 0 Å². The first-order valence-electron chi connectivity index (χ1n) is 9.52. The van der Waals surface area contributed by atoms with Gasteiger partial charge in [-0.05, 0) is 49.6 Å². The van der Waals surface area contributed by atoms with Crippen molar-refractivity contribution in [3.8, 4) is 0 Å².